The fourth-order valence-electron chi connectivity index (χ4n) is 3.94. The molecule has 2 aliphatic rings. The van der Waals surface area contributed by atoms with Crippen molar-refractivity contribution in [1.29, 1.82) is 0 Å². The summed E-state index contributed by atoms with van der Waals surface area (Å²) in [5, 5.41) is 4.24. The van der Waals surface area contributed by atoms with Crippen LogP contribution in [0.15, 0.2) is 28.3 Å². The van der Waals surface area contributed by atoms with Crippen molar-refractivity contribution in [2.75, 3.05) is 41.7 Å². The normalized spacial score (nSPS) is 18.5. The van der Waals surface area contributed by atoms with Gasteiger partial charge in [-0.05, 0) is 25.5 Å². The van der Waals surface area contributed by atoms with Crippen molar-refractivity contribution in [3.8, 4) is 22.8 Å². The van der Waals surface area contributed by atoms with Crippen molar-refractivity contribution in [2.24, 2.45) is 0 Å². The van der Waals surface area contributed by atoms with E-state index in [1.54, 1.807) is 32.2 Å². The first-order chi connectivity index (χ1) is 15.0. The minimum absolute atomic E-state index is 0.0491. The third kappa shape index (κ3) is 3.43. The van der Waals surface area contributed by atoms with Crippen molar-refractivity contribution in [2.45, 2.75) is 25.4 Å². The molecule has 1 aromatic carbocycles. The molecule has 0 atom stereocenters. The van der Waals surface area contributed by atoms with E-state index in [0.717, 1.165) is 6.42 Å². The lowest BCUT2D eigenvalue weighted by molar-refractivity contribution is -0.183. The average molecular weight is 431 g/mol. The Morgan fingerprint density at radius 3 is 2.39 bits per heavy atom. The summed E-state index contributed by atoms with van der Waals surface area (Å²) in [6.07, 6.45) is 1.74. The largest absolute Gasteiger partial charge is 0.497 e. The molecule has 0 saturated carbocycles. The van der Waals surface area contributed by atoms with Crippen molar-refractivity contribution in [3.05, 3.63) is 40.7 Å². The Labute approximate surface area is 179 Å². The molecule has 0 amide bonds. The number of carbonyl (C=O) groups is 1. The second kappa shape index (κ2) is 8.43. The number of methoxy groups -OCH3 is 4. The molecule has 9 heteroatoms. The van der Waals surface area contributed by atoms with Gasteiger partial charge in [0.15, 0.2) is 6.29 Å². The van der Waals surface area contributed by atoms with E-state index in [9.17, 15) is 4.79 Å². The SMILES string of the molecule is COc1cc(OC)c(-c2noc3c2C(OC)(OC)C=C(C)C3=O)c(C2OCCCO2)c1. The monoisotopic (exact) mass is 431 g/mol. The van der Waals surface area contributed by atoms with Crippen molar-refractivity contribution in [3.63, 3.8) is 0 Å². The van der Waals surface area contributed by atoms with Gasteiger partial charge in [-0.25, -0.2) is 0 Å². The van der Waals surface area contributed by atoms with Crippen molar-refractivity contribution < 1.29 is 37.7 Å². The number of Topliss-reactive ketones (excluding diaryl/α,β-unsaturated/α-hetero) is 1. The lowest BCUT2D eigenvalue weighted by Gasteiger charge is -2.32. The number of allylic oxidation sites excluding steroid dienone is 1. The zero-order valence-electron chi connectivity index (χ0n) is 18.1. The summed E-state index contributed by atoms with van der Waals surface area (Å²) < 4.78 is 39.8. The second-order valence-corrected chi connectivity index (χ2v) is 7.19. The molecule has 166 valence electrons. The van der Waals surface area contributed by atoms with Gasteiger partial charge >= 0.3 is 0 Å². The Bertz CT molecular complexity index is 1010. The summed E-state index contributed by atoms with van der Waals surface area (Å²) in [4.78, 5) is 12.8. The topological polar surface area (TPSA) is 98.5 Å². The van der Waals surface area contributed by atoms with Crippen molar-refractivity contribution >= 4 is 5.78 Å². The summed E-state index contributed by atoms with van der Waals surface area (Å²) in [6.45, 7) is 2.76. The summed E-state index contributed by atoms with van der Waals surface area (Å²) in [5.74, 6) is -0.602. The molecule has 2 heterocycles. The summed E-state index contributed by atoms with van der Waals surface area (Å²) >= 11 is 0. The zero-order valence-corrected chi connectivity index (χ0v) is 18.1. The minimum atomic E-state index is -1.36. The maximum absolute atomic E-state index is 12.8. The summed E-state index contributed by atoms with van der Waals surface area (Å²) in [7, 11) is 6.07. The minimum Gasteiger partial charge on any atom is -0.497 e. The molecule has 1 aromatic heterocycles. The van der Waals surface area contributed by atoms with Crippen LogP contribution in [0.1, 0.15) is 41.3 Å². The summed E-state index contributed by atoms with van der Waals surface area (Å²) in [6, 6.07) is 3.51. The molecular formula is C22H25NO8. The van der Waals surface area contributed by atoms with E-state index in [0.29, 0.717) is 52.7 Å². The predicted molar refractivity (Wildman–Crippen MR) is 108 cm³/mol. The molecule has 1 aliphatic carbocycles. The van der Waals surface area contributed by atoms with E-state index in [4.69, 9.17) is 32.9 Å². The maximum Gasteiger partial charge on any atom is 0.227 e. The predicted octanol–water partition coefficient (Wildman–Crippen LogP) is 3.38. The number of ether oxygens (including phenoxy) is 6. The number of aromatic nitrogens is 1. The van der Waals surface area contributed by atoms with Gasteiger partial charge in [-0.3, -0.25) is 4.79 Å². The summed E-state index contributed by atoms with van der Waals surface area (Å²) in [5.41, 5.74) is 2.29. The highest BCUT2D eigenvalue weighted by atomic mass is 16.7. The Morgan fingerprint density at radius 1 is 1.06 bits per heavy atom. The average Bonchev–Trinajstić information content (AvgIpc) is 3.27. The first kappa shape index (κ1) is 21.5. The Morgan fingerprint density at radius 2 is 1.77 bits per heavy atom. The van der Waals surface area contributed by atoms with Crippen LogP contribution in [0, 0.1) is 0 Å². The third-order valence-electron chi connectivity index (χ3n) is 5.50. The highest BCUT2D eigenvalue weighted by molar-refractivity contribution is 6.10. The van der Waals surface area contributed by atoms with Gasteiger partial charge in [-0.2, -0.15) is 0 Å². The van der Waals surface area contributed by atoms with Crippen LogP contribution in [0.2, 0.25) is 0 Å². The molecule has 1 saturated heterocycles. The van der Waals surface area contributed by atoms with E-state index in [1.165, 1.54) is 21.3 Å². The molecule has 9 nitrogen and oxygen atoms in total. The van der Waals surface area contributed by atoms with Gasteiger partial charge in [0.1, 0.15) is 17.2 Å². The maximum atomic E-state index is 12.8. The van der Waals surface area contributed by atoms with E-state index in [2.05, 4.69) is 5.16 Å². The molecule has 2 aromatic rings. The molecule has 0 bridgehead atoms. The zero-order chi connectivity index (χ0) is 22.2. The molecule has 0 radical (unpaired) electrons. The quantitative estimate of drug-likeness (QED) is 0.637. The smallest absolute Gasteiger partial charge is 0.227 e. The van der Waals surface area contributed by atoms with Gasteiger partial charge < -0.3 is 32.9 Å². The first-order valence-corrected chi connectivity index (χ1v) is 9.83. The standard InChI is InChI=1S/C22H25NO8/c1-12-11-22(27-4,28-5)17-18(23-31-20(17)19(12)24)16-14(21-29-7-6-8-30-21)9-13(25-2)10-15(16)26-3/h9-11,21H,6-8H2,1-5H3. The van der Waals surface area contributed by atoms with Crippen LogP contribution < -0.4 is 9.47 Å². The van der Waals surface area contributed by atoms with Gasteiger partial charge in [0.25, 0.3) is 0 Å². The third-order valence-corrected chi connectivity index (χ3v) is 5.50. The molecule has 4 rings (SSSR count). The first-order valence-electron chi connectivity index (χ1n) is 9.83. The van der Waals surface area contributed by atoms with Crippen LogP contribution in [-0.4, -0.2) is 52.6 Å². The molecule has 0 unspecified atom stereocenters. The van der Waals surface area contributed by atoms with Crippen LogP contribution in [0.25, 0.3) is 11.3 Å². The molecule has 0 spiro atoms. The van der Waals surface area contributed by atoms with E-state index < -0.39 is 12.1 Å². The van der Waals surface area contributed by atoms with Crippen LogP contribution in [-0.2, 0) is 24.7 Å². The van der Waals surface area contributed by atoms with Gasteiger partial charge in [-0.15, -0.1) is 0 Å². The highest BCUT2D eigenvalue weighted by Gasteiger charge is 2.46. The molecular weight excluding hydrogens is 406 g/mol. The van der Waals surface area contributed by atoms with Crippen LogP contribution in [0.5, 0.6) is 11.5 Å². The number of hydrogen-bond acceptors (Lipinski definition) is 9. The molecule has 1 aliphatic heterocycles. The lowest BCUT2D eigenvalue weighted by Crippen LogP contribution is -2.34. The second-order valence-electron chi connectivity index (χ2n) is 7.19. The fourth-order valence-corrected chi connectivity index (χ4v) is 3.94. The molecule has 1 fully saturated rings. The highest BCUT2D eigenvalue weighted by Crippen LogP contribution is 2.48. The van der Waals surface area contributed by atoms with Crippen LogP contribution in [0.3, 0.4) is 0 Å². The Balaban J connectivity index is 2.01. The van der Waals surface area contributed by atoms with Gasteiger partial charge in [0.05, 0.1) is 38.6 Å². The van der Waals surface area contributed by atoms with E-state index in [1.807, 2.05) is 0 Å². The molecule has 0 N–H and O–H groups in total. The Kier molecular flexibility index (Phi) is 5.85. The van der Waals surface area contributed by atoms with Gasteiger partial charge in [-0.1, -0.05) is 5.16 Å². The number of ketones is 1. The fraction of sp³-hybridized carbons (Fsp3) is 0.455. The Hall–Kier alpha value is -2.72. The van der Waals surface area contributed by atoms with Gasteiger partial charge in [0, 0.05) is 31.4 Å². The van der Waals surface area contributed by atoms with E-state index >= 15 is 0 Å². The van der Waals surface area contributed by atoms with Crippen molar-refractivity contribution in [1.82, 2.24) is 5.16 Å². The number of benzene rings is 1. The number of carbonyl (C=O) groups excluding carboxylic acids is 1. The van der Waals surface area contributed by atoms with Crippen LogP contribution in [0.4, 0.5) is 0 Å². The number of rotatable bonds is 6. The number of nitrogens with zero attached hydrogens (tertiary/aromatic N) is 1. The molecule has 31 heavy (non-hydrogen) atoms. The number of fused-ring (bicyclic) bond motifs is 1. The van der Waals surface area contributed by atoms with Crippen LogP contribution >= 0.6 is 0 Å². The van der Waals surface area contributed by atoms with Gasteiger partial charge in [0.2, 0.25) is 17.3 Å². The lowest BCUT2D eigenvalue weighted by atomic mass is 9.87. The van der Waals surface area contributed by atoms with E-state index in [-0.39, 0.29) is 11.5 Å². The number of hydrogen-bond donors (Lipinski definition) is 0.